The molecule has 4 nitrogen and oxygen atoms in total. The van der Waals surface area contributed by atoms with Gasteiger partial charge in [0.1, 0.15) is 11.3 Å². The Morgan fingerprint density at radius 1 is 1.24 bits per heavy atom. The Morgan fingerprint density at radius 2 is 2.00 bits per heavy atom. The molecule has 1 N–H and O–H groups in total. The zero-order valence-electron chi connectivity index (χ0n) is 11.5. The number of hydrogen-bond donors (Lipinski definition) is 1. The number of rotatable bonds is 3. The minimum Gasteiger partial charge on any atom is -0.347 e. The average Bonchev–Trinajstić information content (AvgIpc) is 2.81. The number of imidazole rings is 1. The summed E-state index contributed by atoms with van der Waals surface area (Å²) >= 11 is 6.00. The molecule has 0 aliphatic carbocycles. The van der Waals surface area contributed by atoms with Crippen LogP contribution in [-0.2, 0) is 6.54 Å². The molecule has 1 aromatic carbocycles. The van der Waals surface area contributed by atoms with E-state index >= 15 is 0 Å². The molecule has 3 aromatic rings. The molecule has 0 saturated carbocycles. The van der Waals surface area contributed by atoms with Gasteiger partial charge in [0.2, 0.25) is 0 Å². The molecule has 0 aliphatic rings. The second-order valence-corrected chi connectivity index (χ2v) is 5.23. The Balaban J connectivity index is 1.87. The molecule has 0 radical (unpaired) electrons. The third-order valence-corrected chi connectivity index (χ3v) is 3.49. The molecule has 0 saturated heterocycles. The molecule has 0 bridgehead atoms. The predicted octanol–water partition coefficient (Wildman–Crippen LogP) is 3.23. The summed E-state index contributed by atoms with van der Waals surface area (Å²) in [5, 5.41) is 3.48. The number of nitrogens with zero attached hydrogens (tertiary/aromatic N) is 2. The molecular formula is C16H14ClN3O. The number of halogens is 1. The fraction of sp³-hybridized carbons (Fsp3) is 0.125. The van der Waals surface area contributed by atoms with Gasteiger partial charge in [-0.15, -0.1) is 0 Å². The highest BCUT2D eigenvalue weighted by molar-refractivity contribution is 6.30. The van der Waals surface area contributed by atoms with Gasteiger partial charge in [-0.25, -0.2) is 4.98 Å². The number of pyridine rings is 1. The van der Waals surface area contributed by atoms with Crippen LogP contribution in [0.25, 0.3) is 5.65 Å². The first-order chi connectivity index (χ1) is 10.1. The summed E-state index contributed by atoms with van der Waals surface area (Å²) in [5.74, 6) is -0.161. The molecule has 0 atom stereocenters. The molecule has 0 unspecified atom stereocenters. The van der Waals surface area contributed by atoms with Gasteiger partial charge in [0, 0.05) is 12.7 Å². The molecule has 0 spiro atoms. The quantitative estimate of drug-likeness (QED) is 0.807. The van der Waals surface area contributed by atoms with Gasteiger partial charge < -0.3 is 5.32 Å². The first-order valence-corrected chi connectivity index (χ1v) is 6.99. The van der Waals surface area contributed by atoms with Crippen molar-refractivity contribution in [1.82, 2.24) is 14.7 Å². The number of amides is 1. The Kier molecular flexibility index (Phi) is 3.62. The SMILES string of the molecule is Cc1nc2ccc(Cl)cn2c1C(=O)NCc1ccccc1. The van der Waals surface area contributed by atoms with Crippen LogP contribution < -0.4 is 5.32 Å². The number of fused-ring (bicyclic) bond motifs is 1. The summed E-state index contributed by atoms with van der Waals surface area (Å²) in [6.45, 7) is 2.30. The second kappa shape index (κ2) is 5.58. The summed E-state index contributed by atoms with van der Waals surface area (Å²) < 4.78 is 1.72. The van der Waals surface area contributed by atoms with Crippen LogP contribution in [0.2, 0.25) is 5.02 Å². The molecule has 2 heterocycles. The lowest BCUT2D eigenvalue weighted by Crippen LogP contribution is -2.24. The van der Waals surface area contributed by atoms with E-state index in [1.807, 2.05) is 37.3 Å². The number of nitrogens with one attached hydrogen (secondary N) is 1. The van der Waals surface area contributed by atoms with E-state index in [9.17, 15) is 4.79 Å². The van der Waals surface area contributed by atoms with Crippen molar-refractivity contribution in [3.63, 3.8) is 0 Å². The molecule has 0 aliphatic heterocycles. The molecule has 5 heteroatoms. The van der Waals surface area contributed by atoms with Crippen LogP contribution in [0.5, 0.6) is 0 Å². The van der Waals surface area contributed by atoms with Crippen molar-refractivity contribution >= 4 is 23.2 Å². The Morgan fingerprint density at radius 3 is 2.76 bits per heavy atom. The number of hydrogen-bond acceptors (Lipinski definition) is 2. The summed E-state index contributed by atoms with van der Waals surface area (Å²) in [6, 6.07) is 13.3. The van der Waals surface area contributed by atoms with Gasteiger partial charge in [-0.2, -0.15) is 0 Å². The van der Waals surface area contributed by atoms with Crippen LogP contribution >= 0.6 is 11.6 Å². The van der Waals surface area contributed by atoms with Crippen LogP contribution in [0.15, 0.2) is 48.7 Å². The van der Waals surface area contributed by atoms with Crippen molar-refractivity contribution in [2.45, 2.75) is 13.5 Å². The van der Waals surface area contributed by atoms with Crippen LogP contribution in [0, 0.1) is 6.92 Å². The smallest absolute Gasteiger partial charge is 0.270 e. The molecule has 2 aromatic heterocycles. The van der Waals surface area contributed by atoms with E-state index in [4.69, 9.17) is 11.6 Å². The third kappa shape index (κ3) is 2.76. The zero-order valence-corrected chi connectivity index (χ0v) is 12.3. The maximum atomic E-state index is 12.4. The maximum absolute atomic E-state index is 12.4. The van der Waals surface area contributed by atoms with E-state index in [-0.39, 0.29) is 5.91 Å². The van der Waals surface area contributed by atoms with E-state index < -0.39 is 0 Å². The van der Waals surface area contributed by atoms with Crippen LogP contribution in [0.3, 0.4) is 0 Å². The molecule has 1 amide bonds. The number of carbonyl (C=O) groups excluding carboxylic acids is 1. The Bertz CT molecular complexity index is 796. The average molecular weight is 300 g/mol. The molecule has 106 valence electrons. The lowest BCUT2D eigenvalue weighted by atomic mass is 10.2. The topological polar surface area (TPSA) is 46.4 Å². The lowest BCUT2D eigenvalue weighted by molar-refractivity contribution is 0.0944. The van der Waals surface area contributed by atoms with Gasteiger partial charge in [-0.1, -0.05) is 41.9 Å². The highest BCUT2D eigenvalue weighted by atomic mass is 35.5. The van der Waals surface area contributed by atoms with Crippen LogP contribution in [0.1, 0.15) is 21.7 Å². The maximum Gasteiger partial charge on any atom is 0.270 e. The lowest BCUT2D eigenvalue weighted by Gasteiger charge is -2.06. The van der Waals surface area contributed by atoms with Crippen molar-refractivity contribution in [2.75, 3.05) is 0 Å². The van der Waals surface area contributed by atoms with Gasteiger partial charge in [0.15, 0.2) is 0 Å². The summed E-state index contributed by atoms with van der Waals surface area (Å²) in [6.07, 6.45) is 1.70. The highest BCUT2D eigenvalue weighted by Crippen LogP contribution is 2.16. The number of aryl methyl sites for hydroxylation is 1. The van der Waals surface area contributed by atoms with Gasteiger partial charge in [0.05, 0.1) is 10.7 Å². The van der Waals surface area contributed by atoms with E-state index in [0.29, 0.717) is 28.6 Å². The predicted molar refractivity (Wildman–Crippen MR) is 82.6 cm³/mol. The molecular weight excluding hydrogens is 286 g/mol. The number of carbonyl (C=O) groups is 1. The van der Waals surface area contributed by atoms with Gasteiger partial charge in [0.25, 0.3) is 5.91 Å². The van der Waals surface area contributed by atoms with Gasteiger partial charge in [-0.05, 0) is 24.6 Å². The van der Waals surface area contributed by atoms with Gasteiger partial charge >= 0.3 is 0 Å². The minimum absolute atomic E-state index is 0.161. The Labute approximate surface area is 127 Å². The Hall–Kier alpha value is -2.33. The summed E-state index contributed by atoms with van der Waals surface area (Å²) in [7, 11) is 0. The minimum atomic E-state index is -0.161. The first kappa shape index (κ1) is 13.6. The summed E-state index contributed by atoms with van der Waals surface area (Å²) in [4.78, 5) is 16.8. The second-order valence-electron chi connectivity index (χ2n) is 4.79. The monoisotopic (exact) mass is 299 g/mol. The van der Waals surface area contributed by atoms with E-state index in [0.717, 1.165) is 5.56 Å². The number of aromatic nitrogens is 2. The molecule has 0 fully saturated rings. The van der Waals surface area contributed by atoms with Crippen LogP contribution in [0.4, 0.5) is 0 Å². The highest BCUT2D eigenvalue weighted by Gasteiger charge is 2.16. The largest absolute Gasteiger partial charge is 0.347 e. The van der Waals surface area contributed by atoms with E-state index in [1.165, 1.54) is 0 Å². The first-order valence-electron chi connectivity index (χ1n) is 6.61. The fourth-order valence-electron chi connectivity index (χ4n) is 2.27. The van der Waals surface area contributed by atoms with Gasteiger partial charge in [-0.3, -0.25) is 9.20 Å². The van der Waals surface area contributed by atoms with E-state index in [1.54, 1.807) is 22.7 Å². The zero-order chi connectivity index (χ0) is 14.8. The third-order valence-electron chi connectivity index (χ3n) is 3.27. The summed E-state index contributed by atoms with van der Waals surface area (Å²) in [5.41, 5.74) is 2.96. The van der Waals surface area contributed by atoms with E-state index in [2.05, 4.69) is 10.3 Å². The van der Waals surface area contributed by atoms with Crippen molar-refractivity contribution in [3.8, 4) is 0 Å². The normalized spacial score (nSPS) is 10.8. The van der Waals surface area contributed by atoms with Crippen molar-refractivity contribution in [3.05, 3.63) is 70.6 Å². The van der Waals surface area contributed by atoms with Crippen molar-refractivity contribution in [2.24, 2.45) is 0 Å². The standard InChI is InChI=1S/C16H14ClN3O/c1-11-15(20-10-13(17)7-8-14(20)19-11)16(21)18-9-12-5-3-2-4-6-12/h2-8,10H,9H2,1H3,(H,18,21). The molecule has 21 heavy (non-hydrogen) atoms. The van der Waals surface area contributed by atoms with Crippen LogP contribution in [-0.4, -0.2) is 15.3 Å². The fourth-order valence-corrected chi connectivity index (χ4v) is 2.43. The van der Waals surface area contributed by atoms with Crippen molar-refractivity contribution < 1.29 is 4.79 Å². The van der Waals surface area contributed by atoms with Crippen molar-refractivity contribution in [1.29, 1.82) is 0 Å². The molecule has 3 rings (SSSR count). The number of benzene rings is 1.